The fourth-order valence-corrected chi connectivity index (χ4v) is 4.36. The molecule has 9 heteroatoms. The van der Waals surface area contributed by atoms with Gasteiger partial charge in [0.05, 0.1) is 17.8 Å². The molecule has 2 aliphatic heterocycles. The van der Waals surface area contributed by atoms with Crippen molar-refractivity contribution in [1.29, 1.82) is 0 Å². The van der Waals surface area contributed by atoms with Gasteiger partial charge < -0.3 is 25.0 Å². The van der Waals surface area contributed by atoms with Gasteiger partial charge in [-0.25, -0.2) is 15.0 Å². The van der Waals surface area contributed by atoms with Crippen LogP contribution in [0.3, 0.4) is 0 Å². The van der Waals surface area contributed by atoms with Gasteiger partial charge in [-0.2, -0.15) is 0 Å². The van der Waals surface area contributed by atoms with Crippen molar-refractivity contribution in [2.75, 3.05) is 36.5 Å². The summed E-state index contributed by atoms with van der Waals surface area (Å²) in [5.41, 5.74) is 4.30. The fourth-order valence-electron chi connectivity index (χ4n) is 4.36. The zero-order chi connectivity index (χ0) is 23.1. The highest BCUT2D eigenvalue weighted by atomic mass is 16.5. The maximum atomic E-state index is 6.00. The molecule has 0 saturated carbocycles. The average Bonchev–Trinajstić information content (AvgIpc) is 2.86. The van der Waals surface area contributed by atoms with Gasteiger partial charge in [0, 0.05) is 37.1 Å². The first-order chi connectivity index (χ1) is 16.6. The van der Waals surface area contributed by atoms with Crippen LogP contribution in [-0.4, -0.2) is 52.2 Å². The number of pyridine rings is 2. The zero-order valence-corrected chi connectivity index (χ0v) is 19.1. The van der Waals surface area contributed by atoms with Gasteiger partial charge in [-0.15, -0.1) is 0 Å². The maximum absolute atomic E-state index is 6.00. The summed E-state index contributed by atoms with van der Waals surface area (Å²) in [5.74, 6) is 3.77. The van der Waals surface area contributed by atoms with Crippen LogP contribution in [-0.2, 0) is 0 Å². The van der Waals surface area contributed by atoms with Crippen molar-refractivity contribution < 1.29 is 9.47 Å². The Morgan fingerprint density at radius 1 is 1.12 bits per heavy atom. The Hall–Kier alpha value is -3.98. The first kappa shape index (κ1) is 20.6. The average molecular weight is 456 g/mol. The van der Waals surface area contributed by atoms with E-state index in [0.29, 0.717) is 23.7 Å². The van der Waals surface area contributed by atoms with E-state index in [2.05, 4.69) is 30.5 Å². The van der Waals surface area contributed by atoms with Crippen molar-refractivity contribution in [2.45, 2.75) is 19.9 Å². The normalized spacial score (nSPS) is 17.0. The smallest absolute Gasteiger partial charge is 0.172 e. The molecule has 9 nitrogen and oxygen atoms in total. The molecule has 5 heterocycles. The third-order valence-corrected chi connectivity index (χ3v) is 6.16. The van der Waals surface area contributed by atoms with Crippen LogP contribution in [0.1, 0.15) is 11.3 Å². The summed E-state index contributed by atoms with van der Waals surface area (Å²) in [4.78, 5) is 20.5. The van der Waals surface area contributed by atoms with Crippen LogP contribution >= 0.6 is 0 Å². The lowest BCUT2D eigenvalue weighted by Gasteiger charge is -2.40. The van der Waals surface area contributed by atoms with Gasteiger partial charge in [-0.1, -0.05) is 0 Å². The van der Waals surface area contributed by atoms with Crippen molar-refractivity contribution in [1.82, 2.24) is 25.3 Å². The SMILES string of the molecule is Cc1ccc(Oc2ccc(Nc3ncnc4cc5c(nc34)N3CCNC[C@H]3CO5)cc2C)cn1. The second-order valence-electron chi connectivity index (χ2n) is 8.61. The van der Waals surface area contributed by atoms with Crippen LogP contribution in [0.4, 0.5) is 17.3 Å². The molecule has 6 rings (SSSR count). The molecule has 0 amide bonds. The van der Waals surface area contributed by atoms with E-state index >= 15 is 0 Å². The zero-order valence-electron chi connectivity index (χ0n) is 19.1. The highest BCUT2D eigenvalue weighted by molar-refractivity contribution is 5.90. The lowest BCUT2D eigenvalue weighted by Crippen LogP contribution is -2.56. The molecular weight excluding hydrogens is 430 g/mol. The van der Waals surface area contributed by atoms with Gasteiger partial charge in [0.15, 0.2) is 17.4 Å². The summed E-state index contributed by atoms with van der Waals surface area (Å²) >= 11 is 0. The summed E-state index contributed by atoms with van der Waals surface area (Å²) in [6.07, 6.45) is 3.27. The lowest BCUT2D eigenvalue weighted by molar-refractivity contribution is 0.245. The summed E-state index contributed by atoms with van der Waals surface area (Å²) < 4.78 is 12.0. The van der Waals surface area contributed by atoms with Crippen molar-refractivity contribution in [2.24, 2.45) is 0 Å². The number of nitrogens with zero attached hydrogens (tertiary/aromatic N) is 5. The molecule has 0 unspecified atom stereocenters. The van der Waals surface area contributed by atoms with Crippen LogP contribution in [0.25, 0.3) is 11.0 Å². The number of fused-ring (bicyclic) bond motifs is 4. The Morgan fingerprint density at radius 2 is 2.06 bits per heavy atom. The van der Waals surface area contributed by atoms with Gasteiger partial charge in [-0.3, -0.25) is 4.98 Å². The second kappa shape index (κ2) is 8.42. The second-order valence-corrected chi connectivity index (χ2v) is 8.61. The largest absolute Gasteiger partial charge is 0.487 e. The van der Waals surface area contributed by atoms with Crippen molar-refractivity contribution in [3.63, 3.8) is 0 Å². The van der Waals surface area contributed by atoms with Crippen LogP contribution in [0.5, 0.6) is 17.2 Å². The number of rotatable bonds is 4. The molecule has 1 atom stereocenters. The molecule has 1 saturated heterocycles. The molecule has 2 aliphatic rings. The Kier molecular flexibility index (Phi) is 5.10. The van der Waals surface area contributed by atoms with Gasteiger partial charge >= 0.3 is 0 Å². The first-order valence-electron chi connectivity index (χ1n) is 11.4. The Balaban J connectivity index is 1.29. The number of hydrogen-bond acceptors (Lipinski definition) is 9. The van der Waals surface area contributed by atoms with E-state index in [4.69, 9.17) is 14.5 Å². The van der Waals surface area contributed by atoms with Crippen molar-refractivity contribution in [3.8, 4) is 17.2 Å². The predicted molar refractivity (Wildman–Crippen MR) is 130 cm³/mol. The number of hydrogen-bond donors (Lipinski definition) is 2. The summed E-state index contributed by atoms with van der Waals surface area (Å²) in [5, 5.41) is 6.84. The predicted octanol–water partition coefficient (Wildman–Crippen LogP) is 3.74. The highest BCUT2D eigenvalue weighted by Gasteiger charge is 2.31. The first-order valence-corrected chi connectivity index (χ1v) is 11.4. The van der Waals surface area contributed by atoms with Crippen molar-refractivity contribution >= 4 is 28.4 Å². The Morgan fingerprint density at radius 3 is 2.91 bits per heavy atom. The van der Waals surface area contributed by atoms with Gasteiger partial charge in [0.2, 0.25) is 0 Å². The molecule has 0 bridgehead atoms. The van der Waals surface area contributed by atoms with Crippen LogP contribution < -0.4 is 25.0 Å². The minimum Gasteiger partial charge on any atom is -0.487 e. The van der Waals surface area contributed by atoms with Gasteiger partial charge in [0.25, 0.3) is 0 Å². The minimum absolute atomic E-state index is 0.283. The summed E-state index contributed by atoms with van der Waals surface area (Å²) in [7, 11) is 0. The van der Waals surface area contributed by atoms with Crippen molar-refractivity contribution in [3.05, 3.63) is 60.2 Å². The van der Waals surface area contributed by atoms with E-state index in [1.807, 2.05) is 50.2 Å². The number of anilines is 3. The fraction of sp³-hybridized carbons (Fsp3) is 0.280. The van der Waals surface area contributed by atoms with E-state index in [-0.39, 0.29) is 6.04 Å². The standard InChI is InChI=1S/C25H25N7O2/c1-15-9-17(4-6-21(15)34-19-5-3-16(2)27-12-19)30-24-23-20(28-14-29-24)10-22-25(31-23)32-8-7-26-11-18(32)13-33-22/h3-6,9-10,12,14,18,26H,7-8,11,13H2,1-2H3,(H,28,29,30)/t18-/m0/s1. The number of ether oxygens (including phenoxy) is 2. The van der Waals surface area contributed by atoms with E-state index in [1.165, 1.54) is 0 Å². The summed E-state index contributed by atoms with van der Waals surface area (Å²) in [6.45, 7) is 7.33. The summed E-state index contributed by atoms with van der Waals surface area (Å²) in [6, 6.07) is 12.0. The Labute approximate surface area is 197 Å². The maximum Gasteiger partial charge on any atom is 0.172 e. The lowest BCUT2D eigenvalue weighted by atomic mass is 10.1. The number of piperazine rings is 1. The molecule has 0 radical (unpaired) electrons. The van der Waals surface area contributed by atoms with E-state index < -0.39 is 0 Å². The van der Waals surface area contributed by atoms with E-state index in [9.17, 15) is 0 Å². The molecule has 4 aromatic rings. The van der Waals surface area contributed by atoms with Crippen LogP contribution in [0, 0.1) is 13.8 Å². The third-order valence-electron chi connectivity index (χ3n) is 6.16. The number of benzene rings is 1. The van der Waals surface area contributed by atoms with Gasteiger partial charge in [-0.05, 0) is 49.7 Å². The number of aromatic nitrogens is 4. The van der Waals surface area contributed by atoms with E-state index in [0.717, 1.165) is 59.4 Å². The van der Waals surface area contributed by atoms with Gasteiger partial charge in [0.1, 0.15) is 29.9 Å². The number of nitrogens with one attached hydrogen (secondary N) is 2. The molecule has 34 heavy (non-hydrogen) atoms. The molecular formula is C25H25N7O2. The molecule has 3 aromatic heterocycles. The topological polar surface area (TPSA) is 97.3 Å². The van der Waals surface area contributed by atoms with Crippen LogP contribution in [0.2, 0.25) is 0 Å². The monoisotopic (exact) mass is 455 g/mol. The molecule has 172 valence electrons. The molecule has 1 fully saturated rings. The van der Waals surface area contributed by atoms with Crippen LogP contribution in [0.15, 0.2) is 48.9 Å². The molecule has 0 aliphatic carbocycles. The molecule has 1 aromatic carbocycles. The molecule has 0 spiro atoms. The molecule has 2 N–H and O–H groups in total. The minimum atomic E-state index is 0.283. The van der Waals surface area contributed by atoms with E-state index in [1.54, 1.807) is 12.5 Å². The Bertz CT molecular complexity index is 1360. The third kappa shape index (κ3) is 3.84. The highest BCUT2D eigenvalue weighted by Crippen LogP contribution is 2.36. The quantitative estimate of drug-likeness (QED) is 0.477. The number of aryl methyl sites for hydroxylation is 2.